The van der Waals surface area contributed by atoms with Crippen LogP contribution in [0.25, 0.3) is 0 Å². The second kappa shape index (κ2) is 10.3. The second-order valence-corrected chi connectivity index (χ2v) is 3.29. The summed E-state index contributed by atoms with van der Waals surface area (Å²) in [5.74, 6) is -1.46. The first-order valence-electron chi connectivity index (χ1n) is 4.98. The molecule has 0 bridgehead atoms. The van der Waals surface area contributed by atoms with E-state index < -0.39 is 11.9 Å². The van der Waals surface area contributed by atoms with Crippen molar-refractivity contribution in [3.63, 3.8) is 0 Å². The largest absolute Gasteiger partial charge is 0.481 e. The first-order valence-corrected chi connectivity index (χ1v) is 5.50. The van der Waals surface area contributed by atoms with Gasteiger partial charge in [0.15, 0.2) is 0 Å². The van der Waals surface area contributed by atoms with Gasteiger partial charge in [0, 0.05) is 0 Å². The lowest BCUT2D eigenvalue weighted by Crippen LogP contribution is -2.07. The van der Waals surface area contributed by atoms with E-state index in [1.165, 1.54) is 0 Å². The molecule has 0 saturated heterocycles. The van der Waals surface area contributed by atoms with E-state index in [2.05, 4.69) is 12.6 Å². The molecule has 0 rings (SSSR count). The standard InChI is InChI=1S/C11H16O4S/c12-10(13)6-7-11(14)15-8-4-2-1-3-5-9-16/h1-2,5,9,16H,3-4,6-8H2,(H,12,13)/b2-1+,9-5-. The Bertz CT molecular complexity index is 271. The molecule has 0 saturated carbocycles. The van der Waals surface area contributed by atoms with E-state index in [4.69, 9.17) is 9.84 Å². The molecule has 16 heavy (non-hydrogen) atoms. The topological polar surface area (TPSA) is 63.6 Å². The molecule has 90 valence electrons. The van der Waals surface area contributed by atoms with Crippen LogP contribution in [0, 0.1) is 0 Å². The molecule has 0 heterocycles. The van der Waals surface area contributed by atoms with E-state index in [9.17, 15) is 9.59 Å². The normalized spacial score (nSPS) is 11.1. The van der Waals surface area contributed by atoms with Gasteiger partial charge >= 0.3 is 11.9 Å². The summed E-state index contributed by atoms with van der Waals surface area (Å²) in [6, 6.07) is 0. The molecule has 0 aromatic carbocycles. The highest BCUT2D eigenvalue weighted by atomic mass is 32.1. The van der Waals surface area contributed by atoms with Crippen molar-refractivity contribution in [2.75, 3.05) is 6.61 Å². The SMILES string of the molecule is O=C(O)CCC(=O)OCC/C=C/C/C=C\S. The maximum atomic E-state index is 11.0. The van der Waals surface area contributed by atoms with Crippen molar-refractivity contribution in [3.8, 4) is 0 Å². The van der Waals surface area contributed by atoms with Gasteiger partial charge in [0.25, 0.3) is 0 Å². The smallest absolute Gasteiger partial charge is 0.306 e. The maximum absolute atomic E-state index is 11.0. The molecule has 0 amide bonds. The number of hydrogen-bond acceptors (Lipinski definition) is 4. The number of carboxylic acids is 1. The van der Waals surface area contributed by atoms with Gasteiger partial charge in [0.05, 0.1) is 19.4 Å². The predicted octanol–water partition coefficient (Wildman–Crippen LogP) is 2.17. The zero-order valence-corrected chi connectivity index (χ0v) is 9.86. The number of thiol groups is 1. The molecule has 0 aliphatic rings. The third kappa shape index (κ3) is 10.8. The number of carbonyl (C=O) groups is 2. The van der Waals surface area contributed by atoms with Crippen molar-refractivity contribution >= 4 is 24.6 Å². The first kappa shape index (κ1) is 14.8. The highest BCUT2D eigenvalue weighted by molar-refractivity contribution is 7.83. The lowest BCUT2D eigenvalue weighted by molar-refractivity contribution is -0.147. The summed E-state index contributed by atoms with van der Waals surface area (Å²) in [6.45, 7) is 0.291. The van der Waals surface area contributed by atoms with E-state index in [1.807, 2.05) is 18.2 Å². The first-order chi connectivity index (χ1) is 7.66. The Morgan fingerprint density at radius 2 is 1.94 bits per heavy atom. The fraction of sp³-hybridized carbons (Fsp3) is 0.455. The lowest BCUT2D eigenvalue weighted by atomic mass is 10.3. The van der Waals surface area contributed by atoms with Crippen LogP contribution in [0.5, 0.6) is 0 Å². The quantitative estimate of drug-likeness (QED) is 0.297. The number of rotatable bonds is 8. The van der Waals surface area contributed by atoms with Gasteiger partial charge in [0.2, 0.25) is 0 Å². The summed E-state index contributed by atoms with van der Waals surface area (Å²) in [5, 5.41) is 9.99. The van der Waals surface area contributed by atoms with Gasteiger partial charge in [-0.25, -0.2) is 0 Å². The molecule has 0 fully saturated rings. The van der Waals surface area contributed by atoms with Crippen LogP contribution in [0.2, 0.25) is 0 Å². The summed E-state index contributed by atoms with van der Waals surface area (Å²) in [5.41, 5.74) is 0. The number of ether oxygens (including phenoxy) is 1. The van der Waals surface area contributed by atoms with Crippen LogP contribution < -0.4 is 0 Å². The monoisotopic (exact) mass is 244 g/mol. The minimum atomic E-state index is -0.990. The van der Waals surface area contributed by atoms with Crippen molar-refractivity contribution in [3.05, 3.63) is 23.6 Å². The van der Waals surface area contributed by atoms with Crippen LogP contribution in [0.4, 0.5) is 0 Å². The number of allylic oxidation sites excluding steroid dienone is 2. The van der Waals surface area contributed by atoms with Crippen LogP contribution in [0.15, 0.2) is 23.6 Å². The molecule has 0 aliphatic heterocycles. The highest BCUT2D eigenvalue weighted by Crippen LogP contribution is 1.95. The molecule has 0 atom stereocenters. The molecular weight excluding hydrogens is 228 g/mol. The summed E-state index contributed by atoms with van der Waals surface area (Å²) < 4.78 is 4.81. The Labute approximate surface area is 100 Å². The Morgan fingerprint density at radius 3 is 2.56 bits per heavy atom. The third-order valence-electron chi connectivity index (χ3n) is 1.63. The van der Waals surface area contributed by atoms with Crippen molar-refractivity contribution in [2.24, 2.45) is 0 Å². The van der Waals surface area contributed by atoms with Gasteiger partial charge in [-0.05, 0) is 18.2 Å². The van der Waals surface area contributed by atoms with E-state index in [0.717, 1.165) is 6.42 Å². The molecule has 4 nitrogen and oxygen atoms in total. The van der Waals surface area contributed by atoms with E-state index in [-0.39, 0.29) is 12.8 Å². The van der Waals surface area contributed by atoms with Crippen molar-refractivity contribution < 1.29 is 19.4 Å². The van der Waals surface area contributed by atoms with Crippen LogP contribution in [-0.2, 0) is 14.3 Å². The maximum Gasteiger partial charge on any atom is 0.306 e. The zero-order chi connectivity index (χ0) is 12.2. The molecule has 0 aromatic heterocycles. The minimum absolute atomic E-state index is 0.0680. The zero-order valence-electron chi connectivity index (χ0n) is 8.96. The summed E-state index contributed by atoms with van der Waals surface area (Å²) in [6.07, 6.45) is 6.92. The van der Waals surface area contributed by atoms with Gasteiger partial charge in [-0.3, -0.25) is 9.59 Å². The number of hydrogen-bond donors (Lipinski definition) is 2. The van der Waals surface area contributed by atoms with E-state index >= 15 is 0 Å². The van der Waals surface area contributed by atoms with Crippen molar-refractivity contribution in [2.45, 2.75) is 25.7 Å². The fourth-order valence-corrected chi connectivity index (χ4v) is 0.997. The number of aliphatic carboxylic acids is 1. The van der Waals surface area contributed by atoms with Gasteiger partial charge < -0.3 is 9.84 Å². The molecule has 0 aromatic rings. The summed E-state index contributed by atoms with van der Waals surface area (Å²) in [7, 11) is 0. The molecule has 0 spiro atoms. The average Bonchev–Trinajstić information content (AvgIpc) is 2.25. The number of carboxylic acid groups (broad SMARTS) is 1. The molecular formula is C11H16O4S. The number of carbonyl (C=O) groups excluding carboxylic acids is 1. The summed E-state index contributed by atoms with van der Waals surface area (Å²) >= 11 is 3.90. The van der Waals surface area contributed by atoms with Gasteiger partial charge in [-0.1, -0.05) is 18.2 Å². The Balaban J connectivity index is 3.40. The molecule has 0 unspecified atom stereocenters. The van der Waals surface area contributed by atoms with Crippen LogP contribution in [-0.4, -0.2) is 23.7 Å². The van der Waals surface area contributed by atoms with E-state index in [1.54, 1.807) is 5.41 Å². The van der Waals surface area contributed by atoms with Crippen LogP contribution >= 0.6 is 12.6 Å². The predicted molar refractivity (Wildman–Crippen MR) is 64.3 cm³/mol. The van der Waals surface area contributed by atoms with Crippen LogP contribution in [0.3, 0.4) is 0 Å². The van der Waals surface area contributed by atoms with E-state index in [0.29, 0.717) is 13.0 Å². The second-order valence-electron chi connectivity index (χ2n) is 2.99. The summed E-state index contributed by atoms with van der Waals surface area (Å²) in [4.78, 5) is 21.1. The Hall–Kier alpha value is -1.23. The molecule has 5 heteroatoms. The lowest BCUT2D eigenvalue weighted by Gasteiger charge is -2.00. The minimum Gasteiger partial charge on any atom is -0.481 e. The molecule has 0 aliphatic carbocycles. The Kier molecular flexibility index (Phi) is 9.50. The highest BCUT2D eigenvalue weighted by Gasteiger charge is 2.05. The fourth-order valence-electron chi connectivity index (χ4n) is 0.875. The van der Waals surface area contributed by atoms with Crippen LogP contribution in [0.1, 0.15) is 25.7 Å². The number of esters is 1. The van der Waals surface area contributed by atoms with Crippen molar-refractivity contribution in [1.29, 1.82) is 0 Å². The van der Waals surface area contributed by atoms with Gasteiger partial charge in [0.1, 0.15) is 0 Å². The molecule has 0 radical (unpaired) electrons. The average molecular weight is 244 g/mol. The van der Waals surface area contributed by atoms with Gasteiger partial charge in [-0.15, -0.1) is 0 Å². The Morgan fingerprint density at radius 1 is 1.19 bits per heavy atom. The van der Waals surface area contributed by atoms with Crippen molar-refractivity contribution in [1.82, 2.24) is 0 Å². The third-order valence-corrected chi connectivity index (χ3v) is 1.85. The molecule has 1 N–H and O–H groups in total. The van der Waals surface area contributed by atoms with Gasteiger partial charge in [-0.2, -0.15) is 12.6 Å².